The van der Waals surface area contributed by atoms with Gasteiger partial charge in [-0.15, -0.1) is 0 Å². The Morgan fingerprint density at radius 2 is 1.90 bits per heavy atom. The second kappa shape index (κ2) is 8.43. The molecule has 1 aromatic rings. The van der Waals surface area contributed by atoms with E-state index >= 15 is 0 Å². The molecule has 0 amide bonds. The van der Waals surface area contributed by atoms with Crippen LogP contribution in [0.25, 0.3) is 0 Å². The zero-order chi connectivity index (χ0) is 15.1. The summed E-state index contributed by atoms with van der Waals surface area (Å²) >= 11 is 0. The Balaban J connectivity index is 2.13. The molecule has 1 unspecified atom stereocenters. The second-order valence-electron chi connectivity index (χ2n) is 6.44. The van der Waals surface area contributed by atoms with E-state index in [9.17, 15) is 0 Å². The van der Waals surface area contributed by atoms with Gasteiger partial charge in [0.15, 0.2) is 0 Å². The molecule has 0 spiro atoms. The van der Waals surface area contributed by atoms with Crippen molar-refractivity contribution in [1.82, 2.24) is 5.32 Å². The van der Waals surface area contributed by atoms with Crippen LogP contribution in [0.15, 0.2) is 18.2 Å². The smallest absolute Gasteiger partial charge is 0.122 e. The average Bonchev–Trinajstić information content (AvgIpc) is 2.76. The molecule has 1 atom stereocenters. The van der Waals surface area contributed by atoms with E-state index in [0.29, 0.717) is 6.04 Å². The maximum absolute atomic E-state index is 5.56. The zero-order valence-corrected chi connectivity index (χ0v) is 14.0. The third-order valence-corrected chi connectivity index (χ3v) is 4.81. The minimum absolute atomic E-state index is 0.587. The molecule has 0 heterocycles. The molecule has 2 rings (SSSR count). The van der Waals surface area contributed by atoms with E-state index in [1.54, 1.807) is 7.11 Å². The van der Waals surface area contributed by atoms with Crippen LogP contribution in [0.5, 0.6) is 5.75 Å². The maximum Gasteiger partial charge on any atom is 0.122 e. The molecule has 0 aliphatic heterocycles. The number of likely N-dealkylation sites (N-methyl/N-ethyl adjacent to an activating group) is 1. The fraction of sp³-hybridized carbons (Fsp3) is 0.684. The van der Waals surface area contributed by atoms with Gasteiger partial charge >= 0.3 is 0 Å². The van der Waals surface area contributed by atoms with Gasteiger partial charge in [-0.1, -0.05) is 50.3 Å². The molecule has 21 heavy (non-hydrogen) atoms. The van der Waals surface area contributed by atoms with Crippen molar-refractivity contribution in [3.05, 3.63) is 29.3 Å². The predicted octanol–water partition coefficient (Wildman–Crippen LogP) is 4.49. The van der Waals surface area contributed by atoms with Crippen molar-refractivity contribution in [3.63, 3.8) is 0 Å². The molecule has 1 fully saturated rings. The van der Waals surface area contributed by atoms with Crippen LogP contribution in [0.4, 0.5) is 0 Å². The standard InChI is InChI=1S/C19H31NO/c1-4-20-18(16-9-7-5-6-8-10-16)14-17-13-15(2)11-12-19(17)21-3/h11-13,16,18,20H,4-10,14H2,1-3H3. The number of ether oxygens (including phenoxy) is 1. The first-order chi connectivity index (χ1) is 10.2. The molecule has 0 saturated heterocycles. The first-order valence-electron chi connectivity index (χ1n) is 8.61. The molecule has 0 bridgehead atoms. The van der Waals surface area contributed by atoms with Crippen LogP contribution in [-0.4, -0.2) is 19.7 Å². The Kier molecular flexibility index (Phi) is 6.56. The van der Waals surface area contributed by atoms with E-state index in [4.69, 9.17) is 4.74 Å². The molecule has 0 radical (unpaired) electrons. The lowest BCUT2D eigenvalue weighted by Gasteiger charge is -2.28. The summed E-state index contributed by atoms with van der Waals surface area (Å²) in [5, 5.41) is 3.74. The Hall–Kier alpha value is -1.02. The maximum atomic E-state index is 5.56. The van der Waals surface area contributed by atoms with Gasteiger partial charge in [-0.3, -0.25) is 0 Å². The molecular weight excluding hydrogens is 258 g/mol. The summed E-state index contributed by atoms with van der Waals surface area (Å²) in [5.41, 5.74) is 2.68. The molecule has 0 aromatic heterocycles. The minimum atomic E-state index is 0.587. The van der Waals surface area contributed by atoms with Gasteiger partial charge in [0.25, 0.3) is 0 Å². The highest BCUT2D eigenvalue weighted by molar-refractivity contribution is 5.37. The number of hydrogen-bond donors (Lipinski definition) is 1. The van der Waals surface area contributed by atoms with Crippen LogP contribution in [0.2, 0.25) is 0 Å². The Morgan fingerprint density at radius 3 is 2.52 bits per heavy atom. The summed E-state index contributed by atoms with van der Waals surface area (Å²) in [6.45, 7) is 5.43. The molecule has 1 aliphatic carbocycles. The third-order valence-electron chi connectivity index (χ3n) is 4.81. The van der Waals surface area contributed by atoms with Gasteiger partial charge in [-0.25, -0.2) is 0 Å². The van der Waals surface area contributed by atoms with Gasteiger partial charge in [0.05, 0.1) is 7.11 Å². The van der Waals surface area contributed by atoms with Crippen LogP contribution in [0, 0.1) is 12.8 Å². The van der Waals surface area contributed by atoms with Crippen LogP contribution in [-0.2, 0) is 6.42 Å². The number of rotatable bonds is 6. The predicted molar refractivity (Wildman–Crippen MR) is 90.1 cm³/mol. The molecule has 118 valence electrons. The van der Waals surface area contributed by atoms with Crippen LogP contribution < -0.4 is 10.1 Å². The van der Waals surface area contributed by atoms with E-state index < -0.39 is 0 Å². The normalized spacial score (nSPS) is 18.2. The Labute approximate surface area is 130 Å². The van der Waals surface area contributed by atoms with Crippen molar-refractivity contribution in [3.8, 4) is 5.75 Å². The van der Waals surface area contributed by atoms with Crippen molar-refractivity contribution in [1.29, 1.82) is 0 Å². The monoisotopic (exact) mass is 289 g/mol. The lowest BCUT2D eigenvalue weighted by Crippen LogP contribution is -2.38. The summed E-state index contributed by atoms with van der Waals surface area (Å²) < 4.78 is 5.56. The first kappa shape index (κ1) is 16.4. The summed E-state index contributed by atoms with van der Waals surface area (Å²) in [6.07, 6.45) is 9.49. The molecule has 1 N–H and O–H groups in total. The van der Waals surface area contributed by atoms with Crippen LogP contribution in [0.3, 0.4) is 0 Å². The molecular formula is C19H31NO. The lowest BCUT2D eigenvalue weighted by atomic mass is 9.87. The number of aryl methyl sites for hydroxylation is 1. The number of hydrogen-bond acceptors (Lipinski definition) is 2. The third kappa shape index (κ3) is 4.74. The van der Waals surface area contributed by atoms with Gasteiger partial charge in [0.2, 0.25) is 0 Å². The fourth-order valence-electron chi connectivity index (χ4n) is 3.68. The molecule has 2 nitrogen and oxygen atoms in total. The average molecular weight is 289 g/mol. The first-order valence-corrected chi connectivity index (χ1v) is 8.61. The van der Waals surface area contributed by atoms with Gasteiger partial charge in [-0.2, -0.15) is 0 Å². The molecule has 2 heteroatoms. The number of methoxy groups -OCH3 is 1. The Morgan fingerprint density at radius 1 is 1.19 bits per heavy atom. The largest absolute Gasteiger partial charge is 0.496 e. The highest BCUT2D eigenvalue weighted by atomic mass is 16.5. The molecule has 1 saturated carbocycles. The fourth-order valence-corrected chi connectivity index (χ4v) is 3.68. The van der Waals surface area contributed by atoms with Gasteiger partial charge < -0.3 is 10.1 Å². The summed E-state index contributed by atoms with van der Waals surface area (Å²) in [7, 11) is 1.78. The highest BCUT2D eigenvalue weighted by Gasteiger charge is 2.23. The van der Waals surface area contributed by atoms with Crippen molar-refractivity contribution < 1.29 is 4.74 Å². The van der Waals surface area contributed by atoms with E-state index in [-0.39, 0.29) is 0 Å². The summed E-state index contributed by atoms with van der Waals surface area (Å²) in [4.78, 5) is 0. The molecule has 1 aromatic carbocycles. The quantitative estimate of drug-likeness (QED) is 0.779. The van der Waals surface area contributed by atoms with Crippen molar-refractivity contribution in [2.24, 2.45) is 5.92 Å². The number of benzene rings is 1. The van der Waals surface area contributed by atoms with E-state index in [0.717, 1.165) is 24.6 Å². The van der Waals surface area contributed by atoms with Crippen molar-refractivity contribution >= 4 is 0 Å². The summed E-state index contributed by atoms with van der Waals surface area (Å²) in [6, 6.07) is 7.13. The summed E-state index contributed by atoms with van der Waals surface area (Å²) in [5.74, 6) is 1.86. The van der Waals surface area contributed by atoms with E-state index in [1.165, 1.54) is 49.7 Å². The van der Waals surface area contributed by atoms with Crippen molar-refractivity contribution in [2.45, 2.75) is 64.8 Å². The topological polar surface area (TPSA) is 21.3 Å². The minimum Gasteiger partial charge on any atom is -0.496 e. The SMILES string of the molecule is CCNC(Cc1cc(C)ccc1OC)C1CCCCCC1. The highest BCUT2D eigenvalue weighted by Crippen LogP contribution is 2.29. The van der Waals surface area contributed by atoms with E-state index in [2.05, 4.69) is 37.4 Å². The van der Waals surface area contributed by atoms with Crippen LogP contribution in [0.1, 0.15) is 56.6 Å². The van der Waals surface area contributed by atoms with E-state index in [1.807, 2.05) is 0 Å². The Bertz CT molecular complexity index is 422. The molecule has 1 aliphatic rings. The van der Waals surface area contributed by atoms with Crippen LogP contribution >= 0.6 is 0 Å². The zero-order valence-electron chi connectivity index (χ0n) is 14.0. The second-order valence-corrected chi connectivity index (χ2v) is 6.44. The van der Waals surface area contributed by atoms with Gasteiger partial charge in [-0.05, 0) is 50.3 Å². The number of nitrogens with one attached hydrogen (secondary N) is 1. The van der Waals surface area contributed by atoms with Gasteiger partial charge in [0, 0.05) is 6.04 Å². The lowest BCUT2D eigenvalue weighted by molar-refractivity contribution is 0.317. The van der Waals surface area contributed by atoms with Crippen molar-refractivity contribution in [2.75, 3.05) is 13.7 Å². The van der Waals surface area contributed by atoms with Gasteiger partial charge in [0.1, 0.15) is 5.75 Å².